The van der Waals surface area contributed by atoms with Crippen LogP contribution in [-0.2, 0) is 17.9 Å². The predicted molar refractivity (Wildman–Crippen MR) is 76.9 cm³/mol. The molecule has 5 nitrogen and oxygen atoms in total. The third-order valence-corrected chi connectivity index (χ3v) is 2.97. The van der Waals surface area contributed by atoms with Gasteiger partial charge in [0.25, 0.3) is 0 Å². The minimum absolute atomic E-state index is 0.0594. The summed E-state index contributed by atoms with van der Waals surface area (Å²) in [4.78, 5) is 15.7. The Labute approximate surface area is 119 Å². The molecule has 1 aromatic carbocycles. The zero-order valence-corrected chi connectivity index (χ0v) is 12.1. The number of carbonyl (C=O) groups is 1. The molecule has 2 aromatic rings. The van der Waals surface area contributed by atoms with Gasteiger partial charge in [0.15, 0.2) is 0 Å². The van der Waals surface area contributed by atoms with E-state index in [0.29, 0.717) is 13.1 Å². The van der Waals surface area contributed by atoms with Crippen molar-refractivity contribution in [3.63, 3.8) is 0 Å². The molecule has 1 N–H and O–H groups in total. The van der Waals surface area contributed by atoms with Gasteiger partial charge in [-0.2, -0.15) is 5.10 Å². The van der Waals surface area contributed by atoms with Crippen LogP contribution in [0.25, 0.3) is 0 Å². The van der Waals surface area contributed by atoms with E-state index in [1.807, 2.05) is 45.0 Å². The van der Waals surface area contributed by atoms with E-state index >= 15 is 0 Å². The van der Waals surface area contributed by atoms with E-state index in [2.05, 4.69) is 15.4 Å². The monoisotopic (exact) mass is 272 g/mol. The van der Waals surface area contributed by atoms with Crippen molar-refractivity contribution in [3.05, 3.63) is 48.0 Å². The van der Waals surface area contributed by atoms with Crippen LogP contribution in [0.1, 0.15) is 31.9 Å². The van der Waals surface area contributed by atoms with Gasteiger partial charge in [0.05, 0.1) is 6.54 Å². The Morgan fingerprint density at radius 3 is 2.40 bits per heavy atom. The number of carbonyl (C=O) groups excluding carboxylic acids is 1. The quantitative estimate of drug-likeness (QED) is 0.926. The SMILES string of the molecule is CC(C)(C)C(=O)NCc1ccc(Cn2cncn2)cc1. The van der Waals surface area contributed by atoms with Gasteiger partial charge in [-0.25, -0.2) is 9.67 Å². The number of hydrogen-bond acceptors (Lipinski definition) is 3. The first-order valence-corrected chi connectivity index (χ1v) is 6.64. The highest BCUT2D eigenvalue weighted by atomic mass is 16.2. The average Bonchev–Trinajstić information content (AvgIpc) is 2.89. The maximum atomic E-state index is 11.8. The first kappa shape index (κ1) is 14.2. The molecule has 0 saturated heterocycles. The van der Waals surface area contributed by atoms with Gasteiger partial charge in [-0.3, -0.25) is 4.79 Å². The summed E-state index contributed by atoms with van der Waals surface area (Å²) < 4.78 is 1.77. The molecular formula is C15H20N4O. The molecule has 5 heteroatoms. The van der Waals surface area contributed by atoms with Crippen LogP contribution >= 0.6 is 0 Å². The Hall–Kier alpha value is -2.17. The van der Waals surface area contributed by atoms with E-state index in [9.17, 15) is 4.79 Å². The zero-order valence-electron chi connectivity index (χ0n) is 12.1. The minimum atomic E-state index is -0.354. The van der Waals surface area contributed by atoms with Crippen LogP contribution in [0.5, 0.6) is 0 Å². The van der Waals surface area contributed by atoms with Crippen molar-refractivity contribution in [1.29, 1.82) is 0 Å². The summed E-state index contributed by atoms with van der Waals surface area (Å²) in [6.45, 7) is 6.98. The van der Waals surface area contributed by atoms with Gasteiger partial charge in [-0.05, 0) is 11.1 Å². The topological polar surface area (TPSA) is 59.8 Å². The number of rotatable bonds is 4. The third kappa shape index (κ3) is 3.91. The lowest BCUT2D eigenvalue weighted by molar-refractivity contribution is -0.128. The maximum Gasteiger partial charge on any atom is 0.225 e. The van der Waals surface area contributed by atoms with Gasteiger partial charge in [-0.15, -0.1) is 0 Å². The van der Waals surface area contributed by atoms with Crippen LogP contribution in [0.2, 0.25) is 0 Å². The fourth-order valence-electron chi connectivity index (χ4n) is 1.71. The molecule has 0 saturated carbocycles. The van der Waals surface area contributed by atoms with Crippen molar-refractivity contribution in [2.24, 2.45) is 5.41 Å². The molecule has 20 heavy (non-hydrogen) atoms. The Morgan fingerprint density at radius 2 is 1.85 bits per heavy atom. The van der Waals surface area contributed by atoms with Crippen molar-refractivity contribution in [3.8, 4) is 0 Å². The molecule has 2 rings (SSSR count). The Balaban J connectivity index is 1.90. The molecular weight excluding hydrogens is 252 g/mol. The summed E-state index contributed by atoms with van der Waals surface area (Å²) in [6, 6.07) is 8.13. The summed E-state index contributed by atoms with van der Waals surface area (Å²) in [7, 11) is 0. The van der Waals surface area contributed by atoms with Crippen LogP contribution in [0, 0.1) is 5.41 Å². The molecule has 1 aromatic heterocycles. The van der Waals surface area contributed by atoms with Crippen molar-refractivity contribution in [2.45, 2.75) is 33.9 Å². The number of aromatic nitrogens is 3. The van der Waals surface area contributed by atoms with E-state index in [-0.39, 0.29) is 11.3 Å². The van der Waals surface area contributed by atoms with E-state index < -0.39 is 0 Å². The largest absolute Gasteiger partial charge is 0.352 e. The van der Waals surface area contributed by atoms with Gasteiger partial charge in [0, 0.05) is 12.0 Å². The fraction of sp³-hybridized carbons (Fsp3) is 0.400. The maximum absolute atomic E-state index is 11.8. The summed E-state index contributed by atoms with van der Waals surface area (Å²) in [5, 5.41) is 7.01. The minimum Gasteiger partial charge on any atom is -0.352 e. The standard InChI is InChI=1S/C15H20N4O/c1-15(2,3)14(20)17-8-12-4-6-13(7-5-12)9-19-11-16-10-18-19/h4-7,10-11H,8-9H2,1-3H3,(H,17,20). The van der Waals surface area contributed by atoms with Crippen LogP contribution in [0.4, 0.5) is 0 Å². The second-order valence-electron chi connectivity index (χ2n) is 5.84. The molecule has 1 amide bonds. The molecule has 106 valence electrons. The predicted octanol–water partition coefficient (Wildman–Crippen LogP) is 1.99. The molecule has 0 atom stereocenters. The summed E-state index contributed by atoms with van der Waals surface area (Å²) >= 11 is 0. The van der Waals surface area contributed by atoms with Crippen molar-refractivity contribution in [2.75, 3.05) is 0 Å². The molecule has 1 heterocycles. The number of nitrogens with one attached hydrogen (secondary N) is 1. The molecule has 0 bridgehead atoms. The molecule has 0 fully saturated rings. The molecule has 0 radical (unpaired) electrons. The highest BCUT2D eigenvalue weighted by molar-refractivity contribution is 5.81. The third-order valence-electron chi connectivity index (χ3n) is 2.97. The number of amides is 1. The molecule has 0 aliphatic carbocycles. The zero-order chi connectivity index (χ0) is 14.6. The van der Waals surface area contributed by atoms with Crippen molar-refractivity contribution in [1.82, 2.24) is 20.1 Å². The van der Waals surface area contributed by atoms with Crippen LogP contribution in [0.15, 0.2) is 36.9 Å². The number of nitrogens with zero attached hydrogens (tertiary/aromatic N) is 3. The summed E-state index contributed by atoms with van der Waals surface area (Å²) in [5.41, 5.74) is 1.89. The van der Waals surface area contributed by atoms with Crippen LogP contribution in [0.3, 0.4) is 0 Å². The normalized spacial score (nSPS) is 11.3. The van der Waals surface area contributed by atoms with Crippen molar-refractivity contribution < 1.29 is 4.79 Å². The Kier molecular flexibility index (Phi) is 4.17. The van der Waals surface area contributed by atoms with E-state index in [4.69, 9.17) is 0 Å². The second kappa shape index (κ2) is 5.86. The molecule has 0 aliphatic heterocycles. The van der Waals surface area contributed by atoms with Crippen molar-refractivity contribution >= 4 is 5.91 Å². The highest BCUT2D eigenvalue weighted by Crippen LogP contribution is 2.13. The van der Waals surface area contributed by atoms with Gasteiger partial charge in [0.1, 0.15) is 12.7 Å². The lowest BCUT2D eigenvalue weighted by Gasteiger charge is -2.17. The molecule has 0 unspecified atom stereocenters. The Bertz CT molecular complexity index is 553. The second-order valence-corrected chi connectivity index (χ2v) is 5.84. The lowest BCUT2D eigenvalue weighted by Crippen LogP contribution is -2.34. The average molecular weight is 272 g/mol. The number of benzene rings is 1. The molecule has 0 aliphatic rings. The van der Waals surface area contributed by atoms with Crippen LogP contribution in [-0.4, -0.2) is 20.7 Å². The summed E-state index contributed by atoms with van der Waals surface area (Å²) in [5.74, 6) is 0.0594. The van der Waals surface area contributed by atoms with Gasteiger partial charge >= 0.3 is 0 Å². The molecule has 0 spiro atoms. The highest BCUT2D eigenvalue weighted by Gasteiger charge is 2.20. The summed E-state index contributed by atoms with van der Waals surface area (Å²) in [6.07, 6.45) is 3.22. The van der Waals surface area contributed by atoms with Gasteiger partial charge in [-0.1, -0.05) is 45.0 Å². The first-order valence-electron chi connectivity index (χ1n) is 6.64. The smallest absolute Gasteiger partial charge is 0.225 e. The Morgan fingerprint density at radius 1 is 1.20 bits per heavy atom. The van der Waals surface area contributed by atoms with Gasteiger partial charge < -0.3 is 5.32 Å². The van der Waals surface area contributed by atoms with E-state index in [1.165, 1.54) is 6.33 Å². The van der Waals surface area contributed by atoms with E-state index in [1.54, 1.807) is 11.0 Å². The fourth-order valence-corrected chi connectivity index (χ4v) is 1.71. The van der Waals surface area contributed by atoms with Gasteiger partial charge in [0.2, 0.25) is 5.91 Å². The van der Waals surface area contributed by atoms with E-state index in [0.717, 1.165) is 11.1 Å². The first-order chi connectivity index (χ1) is 9.45. The lowest BCUT2D eigenvalue weighted by atomic mass is 9.95. The van der Waals surface area contributed by atoms with Crippen LogP contribution < -0.4 is 5.32 Å². The number of hydrogen-bond donors (Lipinski definition) is 1.